The first-order valence-electron chi connectivity index (χ1n) is 9.34. The third kappa shape index (κ3) is 5.39. The molecule has 1 N–H and O–H groups in total. The number of carbonyl (C=O) groups excluding carboxylic acids is 1. The van der Waals surface area contributed by atoms with E-state index in [2.05, 4.69) is 10.4 Å². The smallest absolute Gasteiger partial charge is 0.352 e. The predicted molar refractivity (Wildman–Crippen MR) is 116 cm³/mol. The van der Waals surface area contributed by atoms with E-state index in [1.807, 2.05) is 0 Å². The molecule has 0 atom stereocenters. The molecule has 10 heteroatoms. The first-order valence-corrected chi connectivity index (χ1v) is 9.72. The van der Waals surface area contributed by atoms with Gasteiger partial charge in [0.1, 0.15) is 0 Å². The van der Waals surface area contributed by atoms with Crippen molar-refractivity contribution in [2.75, 3.05) is 26.1 Å². The fourth-order valence-corrected chi connectivity index (χ4v) is 2.96. The minimum absolute atomic E-state index is 0.0150. The summed E-state index contributed by atoms with van der Waals surface area (Å²) in [7, 11) is 2.82. The summed E-state index contributed by atoms with van der Waals surface area (Å²) < 4.78 is 12.1. The molecule has 0 saturated heterocycles. The van der Waals surface area contributed by atoms with Gasteiger partial charge in [-0.25, -0.2) is 9.36 Å². The lowest BCUT2D eigenvalue weighted by Gasteiger charge is -2.12. The van der Waals surface area contributed by atoms with Crippen LogP contribution in [0, 0.1) is 0 Å². The zero-order chi connectivity index (χ0) is 22.4. The fraction of sp³-hybridized carbons (Fsp3) is 0.238. The van der Waals surface area contributed by atoms with Crippen LogP contribution in [0.15, 0.2) is 58.1 Å². The first kappa shape index (κ1) is 22.3. The molecule has 1 amide bonds. The Morgan fingerprint density at radius 3 is 2.55 bits per heavy atom. The summed E-state index contributed by atoms with van der Waals surface area (Å²) in [5, 5.41) is 7.32. The van der Waals surface area contributed by atoms with Gasteiger partial charge in [-0.15, -0.1) is 5.10 Å². The van der Waals surface area contributed by atoms with Crippen molar-refractivity contribution in [3.05, 3.63) is 80.0 Å². The van der Waals surface area contributed by atoms with Gasteiger partial charge in [0.25, 0.3) is 5.88 Å². The number of rotatable bonds is 8. The number of carbonyl (C=O) groups is 1. The molecule has 31 heavy (non-hydrogen) atoms. The van der Waals surface area contributed by atoms with Gasteiger partial charge >= 0.3 is 11.2 Å². The van der Waals surface area contributed by atoms with E-state index in [0.717, 1.165) is 9.25 Å². The van der Waals surface area contributed by atoms with Crippen LogP contribution in [-0.2, 0) is 16.1 Å². The predicted octanol–water partition coefficient (Wildman–Crippen LogP) is 2.08. The Bertz CT molecular complexity index is 1190. The van der Waals surface area contributed by atoms with Crippen molar-refractivity contribution < 1.29 is 14.3 Å². The number of aromatic nitrogens is 3. The molecule has 1 heterocycles. The number of halogens is 1. The van der Waals surface area contributed by atoms with Gasteiger partial charge in [0.2, 0.25) is 5.91 Å². The van der Waals surface area contributed by atoms with E-state index in [1.165, 1.54) is 14.2 Å². The molecule has 2 aromatic carbocycles. The molecule has 0 aliphatic heterocycles. The molecular weight excluding hydrogens is 424 g/mol. The van der Waals surface area contributed by atoms with Crippen molar-refractivity contribution in [1.29, 1.82) is 0 Å². The normalized spacial score (nSPS) is 10.7. The zero-order valence-corrected chi connectivity index (χ0v) is 17.8. The first-order chi connectivity index (χ1) is 14.9. The van der Waals surface area contributed by atoms with Crippen LogP contribution in [0.4, 0.5) is 5.69 Å². The summed E-state index contributed by atoms with van der Waals surface area (Å²) in [6.45, 7) is 0.306. The second kappa shape index (κ2) is 10.1. The van der Waals surface area contributed by atoms with Crippen molar-refractivity contribution in [1.82, 2.24) is 14.3 Å². The van der Waals surface area contributed by atoms with E-state index in [1.54, 1.807) is 48.5 Å². The maximum Gasteiger partial charge on any atom is 0.352 e. The monoisotopic (exact) mass is 444 g/mol. The highest BCUT2D eigenvalue weighted by molar-refractivity contribution is 6.30. The third-order valence-electron chi connectivity index (χ3n) is 4.39. The van der Waals surface area contributed by atoms with Gasteiger partial charge in [-0.1, -0.05) is 29.8 Å². The minimum atomic E-state index is -0.650. The Morgan fingerprint density at radius 1 is 1.13 bits per heavy atom. The van der Waals surface area contributed by atoms with Gasteiger partial charge in [0, 0.05) is 17.8 Å². The highest BCUT2D eigenvalue weighted by Gasteiger charge is 2.16. The molecule has 0 aliphatic carbocycles. The number of nitrogens with one attached hydrogen (secondary N) is 1. The summed E-state index contributed by atoms with van der Waals surface area (Å²) >= 11 is 5.91. The quantitative estimate of drug-likeness (QED) is 0.570. The molecule has 0 spiro atoms. The Hall–Kier alpha value is -3.43. The van der Waals surface area contributed by atoms with Gasteiger partial charge in [-0.3, -0.25) is 9.59 Å². The molecule has 0 bridgehead atoms. The second-order valence-electron chi connectivity index (χ2n) is 6.56. The van der Waals surface area contributed by atoms with Crippen LogP contribution in [0.2, 0.25) is 5.02 Å². The Labute approximate surface area is 182 Å². The molecule has 0 radical (unpaired) electrons. The van der Waals surface area contributed by atoms with Crippen LogP contribution in [0.5, 0.6) is 5.88 Å². The highest BCUT2D eigenvalue weighted by atomic mass is 35.5. The summed E-state index contributed by atoms with van der Waals surface area (Å²) in [5.41, 5.74) is 0.244. The van der Waals surface area contributed by atoms with Gasteiger partial charge in [-0.05, 0) is 35.9 Å². The largest absolute Gasteiger partial charge is 0.476 e. The number of ether oxygens (including phenoxy) is 2. The Balaban J connectivity index is 2.01. The third-order valence-corrected chi connectivity index (χ3v) is 4.64. The molecular formula is C21H21ClN4O5. The zero-order valence-electron chi connectivity index (χ0n) is 17.0. The number of amides is 1. The van der Waals surface area contributed by atoms with Gasteiger partial charge in [-0.2, -0.15) is 4.68 Å². The number of nitrogens with zero attached hydrogens (tertiary/aromatic N) is 3. The number of anilines is 1. The Morgan fingerprint density at radius 2 is 1.87 bits per heavy atom. The fourth-order valence-electron chi connectivity index (χ4n) is 2.83. The summed E-state index contributed by atoms with van der Waals surface area (Å²) in [6.07, 6.45) is 0.193. The lowest BCUT2D eigenvalue weighted by atomic mass is 10.2. The molecule has 3 rings (SSSR count). The molecule has 3 aromatic rings. The average molecular weight is 445 g/mol. The van der Waals surface area contributed by atoms with Crippen LogP contribution in [0.25, 0.3) is 5.69 Å². The molecule has 0 aliphatic rings. The Kier molecular flexibility index (Phi) is 7.22. The number of benzene rings is 2. The van der Waals surface area contributed by atoms with Crippen LogP contribution in [-0.4, -0.2) is 41.1 Å². The lowest BCUT2D eigenvalue weighted by molar-refractivity contribution is -0.117. The van der Waals surface area contributed by atoms with Crippen LogP contribution in [0.3, 0.4) is 0 Å². The average Bonchev–Trinajstić information content (AvgIpc) is 2.77. The van der Waals surface area contributed by atoms with E-state index < -0.39 is 11.2 Å². The van der Waals surface area contributed by atoms with Crippen molar-refractivity contribution in [3.63, 3.8) is 0 Å². The van der Waals surface area contributed by atoms with Crippen LogP contribution in [0.1, 0.15) is 12.0 Å². The van der Waals surface area contributed by atoms with Gasteiger partial charge < -0.3 is 14.8 Å². The summed E-state index contributed by atoms with van der Waals surface area (Å²) in [4.78, 5) is 37.7. The van der Waals surface area contributed by atoms with Crippen molar-refractivity contribution in [3.8, 4) is 11.6 Å². The highest BCUT2D eigenvalue weighted by Crippen LogP contribution is 2.14. The molecule has 9 nitrogen and oxygen atoms in total. The molecule has 0 unspecified atom stereocenters. The van der Waals surface area contributed by atoms with E-state index in [9.17, 15) is 14.4 Å². The SMILES string of the molecule is COCCC(=O)Nc1cccc(-n2nc(OC)c(=O)n(Cc3ccc(Cl)cc3)c2=O)c1. The molecule has 0 fully saturated rings. The minimum Gasteiger partial charge on any atom is -0.476 e. The number of hydrogen-bond donors (Lipinski definition) is 1. The molecule has 0 saturated carbocycles. The summed E-state index contributed by atoms with van der Waals surface area (Å²) in [6, 6.07) is 13.4. The molecule has 162 valence electrons. The second-order valence-corrected chi connectivity index (χ2v) is 7.00. The van der Waals surface area contributed by atoms with Crippen LogP contribution < -0.4 is 21.3 Å². The maximum absolute atomic E-state index is 13.1. The van der Waals surface area contributed by atoms with Crippen LogP contribution >= 0.6 is 11.6 Å². The molecule has 1 aromatic heterocycles. The lowest BCUT2D eigenvalue weighted by Crippen LogP contribution is -2.41. The topological polar surface area (TPSA) is 104 Å². The standard InChI is InChI=1S/C21H21ClN4O5/c1-30-11-10-18(27)23-16-4-3-5-17(12-16)26-21(29)25(20(28)19(24-26)31-2)13-14-6-8-15(22)9-7-14/h3-9,12H,10-11,13H2,1-2H3,(H,23,27). The number of methoxy groups -OCH3 is 2. The van der Waals surface area contributed by atoms with Crippen molar-refractivity contribution in [2.24, 2.45) is 0 Å². The maximum atomic E-state index is 13.1. The van der Waals surface area contributed by atoms with E-state index >= 15 is 0 Å². The van der Waals surface area contributed by atoms with E-state index in [4.69, 9.17) is 21.1 Å². The van der Waals surface area contributed by atoms with Gasteiger partial charge in [0.15, 0.2) is 0 Å². The number of hydrogen-bond acceptors (Lipinski definition) is 6. The van der Waals surface area contributed by atoms with Crippen molar-refractivity contribution in [2.45, 2.75) is 13.0 Å². The van der Waals surface area contributed by atoms with E-state index in [-0.39, 0.29) is 24.8 Å². The van der Waals surface area contributed by atoms with E-state index in [0.29, 0.717) is 28.6 Å². The van der Waals surface area contributed by atoms with Crippen molar-refractivity contribution >= 4 is 23.2 Å². The summed E-state index contributed by atoms with van der Waals surface area (Å²) in [5.74, 6) is -0.465. The van der Waals surface area contributed by atoms with Gasteiger partial charge in [0.05, 0.1) is 32.4 Å².